The lowest BCUT2D eigenvalue weighted by molar-refractivity contribution is 0.0600. The van der Waals surface area contributed by atoms with Crippen molar-refractivity contribution in [2.45, 2.75) is 39.5 Å². The molecule has 0 aliphatic heterocycles. The maximum Gasteiger partial charge on any atom is 0.337 e. The molecule has 3 aromatic rings. The minimum atomic E-state index is -0.299. The van der Waals surface area contributed by atoms with Crippen LogP contribution in [0.5, 0.6) is 0 Å². The Balaban J connectivity index is 2.10. The molecule has 2 aromatic carbocycles. The topological polar surface area (TPSA) is 42.1 Å². The molecule has 0 aliphatic carbocycles. The van der Waals surface area contributed by atoms with Gasteiger partial charge in [0.15, 0.2) is 0 Å². The van der Waals surface area contributed by atoms with Gasteiger partial charge < -0.3 is 9.72 Å². The van der Waals surface area contributed by atoms with Gasteiger partial charge in [-0.05, 0) is 48.2 Å². The molecule has 0 amide bonds. The monoisotopic (exact) mass is 335 g/mol. The molecule has 1 N–H and O–H groups in total. The number of carbonyl (C=O) groups excluding carboxylic acids is 1. The Morgan fingerprint density at radius 1 is 1.12 bits per heavy atom. The molecule has 0 spiro atoms. The second-order valence-electron chi connectivity index (χ2n) is 7.65. The molecule has 0 saturated carbocycles. The smallest absolute Gasteiger partial charge is 0.337 e. The SMILES string of the molecule is COC(=O)c1cccc(Cc2c(C(C)(C)C)[nH]c3cc(C)ccc23)c1. The number of benzene rings is 2. The van der Waals surface area contributed by atoms with Gasteiger partial charge >= 0.3 is 5.97 Å². The van der Waals surface area contributed by atoms with E-state index in [1.54, 1.807) is 6.07 Å². The minimum Gasteiger partial charge on any atom is -0.465 e. The van der Waals surface area contributed by atoms with E-state index in [0.29, 0.717) is 5.56 Å². The second kappa shape index (κ2) is 6.40. The number of aryl methyl sites for hydroxylation is 1. The molecular weight excluding hydrogens is 310 g/mol. The van der Waals surface area contributed by atoms with E-state index in [1.807, 2.05) is 12.1 Å². The largest absolute Gasteiger partial charge is 0.465 e. The summed E-state index contributed by atoms with van der Waals surface area (Å²) in [5.41, 5.74) is 6.67. The number of methoxy groups -OCH3 is 1. The summed E-state index contributed by atoms with van der Waals surface area (Å²) in [4.78, 5) is 15.4. The van der Waals surface area contributed by atoms with Crippen molar-refractivity contribution in [3.63, 3.8) is 0 Å². The standard InChI is InChI=1S/C22H25NO2/c1-14-9-10-17-18(20(22(2,3)4)23-19(17)11-14)13-15-7-6-8-16(12-15)21(24)25-5/h6-12,23H,13H2,1-5H3. The Bertz CT molecular complexity index is 929. The Labute approximate surface area is 149 Å². The third-order valence-electron chi connectivity index (χ3n) is 4.54. The lowest BCUT2D eigenvalue weighted by atomic mass is 9.86. The van der Waals surface area contributed by atoms with Crippen molar-refractivity contribution in [1.82, 2.24) is 4.98 Å². The van der Waals surface area contributed by atoms with Crippen molar-refractivity contribution >= 4 is 16.9 Å². The number of hydrogen-bond acceptors (Lipinski definition) is 2. The quantitative estimate of drug-likeness (QED) is 0.672. The summed E-state index contributed by atoms with van der Waals surface area (Å²) in [5, 5.41) is 1.25. The summed E-state index contributed by atoms with van der Waals surface area (Å²) in [5.74, 6) is -0.299. The predicted octanol–water partition coefficient (Wildman–Crippen LogP) is 5.15. The van der Waals surface area contributed by atoms with Gasteiger partial charge in [0, 0.05) is 22.0 Å². The lowest BCUT2D eigenvalue weighted by Crippen LogP contribution is -2.14. The third kappa shape index (κ3) is 3.46. The average molecular weight is 335 g/mol. The van der Waals surface area contributed by atoms with Crippen LogP contribution in [0.15, 0.2) is 42.5 Å². The van der Waals surface area contributed by atoms with E-state index in [-0.39, 0.29) is 11.4 Å². The van der Waals surface area contributed by atoms with Crippen LogP contribution in [0.2, 0.25) is 0 Å². The highest BCUT2D eigenvalue weighted by atomic mass is 16.5. The number of aromatic nitrogens is 1. The zero-order chi connectivity index (χ0) is 18.2. The molecule has 0 radical (unpaired) electrons. The number of fused-ring (bicyclic) bond motifs is 1. The Hall–Kier alpha value is -2.55. The zero-order valence-corrected chi connectivity index (χ0v) is 15.6. The van der Waals surface area contributed by atoms with Crippen LogP contribution in [-0.2, 0) is 16.6 Å². The first-order valence-corrected chi connectivity index (χ1v) is 8.58. The molecule has 0 saturated heterocycles. The highest BCUT2D eigenvalue weighted by molar-refractivity contribution is 5.90. The van der Waals surface area contributed by atoms with Gasteiger partial charge in [-0.2, -0.15) is 0 Å². The van der Waals surface area contributed by atoms with Crippen molar-refractivity contribution in [2.75, 3.05) is 7.11 Å². The van der Waals surface area contributed by atoms with Gasteiger partial charge in [0.1, 0.15) is 0 Å². The highest BCUT2D eigenvalue weighted by Crippen LogP contribution is 2.33. The fourth-order valence-corrected chi connectivity index (χ4v) is 3.32. The fourth-order valence-electron chi connectivity index (χ4n) is 3.32. The van der Waals surface area contributed by atoms with Gasteiger partial charge in [0.25, 0.3) is 0 Å². The Morgan fingerprint density at radius 2 is 1.88 bits per heavy atom. The number of hydrogen-bond donors (Lipinski definition) is 1. The molecule has 1 aromatic heterocycles. The fraction of sp³-hybridized carbons (Fsp3) is 0.318. The van der Waals surface area contributed by atoms with E-state index < -0.39 is 0 Å². The van der Waals surface area contributed by atoms with E-state index in [1.165, 1.54) is 34.8 Å². The van der Waals surface area contributed by atoms with Crippen molar-refractivity contribution in [2.24, 2.45) is 0 Å². The molecule has 0 aliphatic rings. The molecular formula is C22H25NO2. The van der Waals surface area contributed by atoms with Crippen molar-refractivity contribution in [1.29, 1.82) is 0 Å². The predicted molar refractivity (Wildman–Crippen MR) is 102 cm³/mol. The molecule has 0 fully saturated rings. The summed E-state index contributed by atoms with van der Waals surface area (Å²) in [6.07, 6.45) is 0.778. The summed E-state index contributed by atoms with van der Waals surface area (Å²) in [6, 6.07) is 14.2. The van der Waals surface area contributed by atoms with Crippen LogP contribution in [0.4, 0.5) is 0 Å². The maximum absolute atomic E-state index is 11.8. The van der Waals surface area contributed by atoms with E-state index in [4.69, 9.17) is 4.74 Å². The zero-order valence-electron chi connectivity index (χ0n) is 15.6. The summed E-state index contributed by atoms with van der Waals surface area (Å²) < 4.78 is 4.84. The van der Waals surface area contributed by atoms with Gasteiger partial charge in [-0.25, -0.2) is 4.79 Å². The molecule has 3 heteroatoms. The van der Waals surface area contributed by atoms with E-state index >= 15 is 0 Å². The number of esters is 1. The molecule has 25 heavy (non-hydrogen) atoms. The van der Waals surface area contributed by atoms with Gasteiger partial charge in [-0.15, -0.1) is 0 Å². The van der Waals surface area contributed by atoms with Crippen molar-refractivity contribution < 1.29 is 9.53 Å². The molecule has 130 valence electrons. The molecule has 3 nitrogen and oxygen atoms in total. The van der Waals surface area contributed by atoms with Gasteiger partial charge in [-0.3, -0.25) is 0 Å². The van der Waals surface area contributed by atoms with Crippen LogP contribution in [0.3, 0.4) is 0 Å². The van der Waals surface area contributed by atoms with Crippen molar-refractivity contribution in [3.8, 4) is 0 Å². The first-order chi connectivity index (χ1) is 11.8. The molecule has 0 bridgehead atoms. The summed E-state index contributed by atoms with van der Waals surface area (Å²) in [7, 11) is 1.41. The number of carbonyl (C=O) groups is 1. The number of aromatic amines is 1. The van der Waals surface area contributed by atoms with Gasteiger partial charge in [-0.1, -0.05) is 45.0 Å². The van der Waals surface area contributed by atoms with Crippen LogP contribution >= 0.6 is 0 Å². The third-order valence-corrected chi connectivity index (χ3v) is 4.54. The number of H-pyrrole nitrogens is 1. The maximum atomic E-state index is 11.8. The van der Waals surface area contributed by atoms with Crippen LogP contribution in [0.25, 0.3) is 10.9 Å². The van der Waals surface area contributed by atoms with Gasteiger partial charge in [0.2, 0.25) is 0 Å². The highest BCUT2D eigenvalue weighted by Gasteiger charge is 2.22. The van der Waals surface area contributed by atoms with Gasteiger partial charge in [0.05, 0.1) is 12.7 Å². The lowest BCUT2D eigenvalue weighted by Gasteiger charge is -2.19. The number of ether oxygens (including phenoxy) is 1. The number of nitrogens with one attached hydrogen (secondary N) is 1. The van der Waals surface area contributed by atoms with E-state index in [0.717, 1.165) is 12.0 Å². The van der Waals surface area contributed by atoms with Crippen LogP contribution in [0.1, 0.15) is 53.5 Å². The molecule has 1 heterocycles. The van der Waals surface area contributed by atoms with E-state index in [2.05, 4.69) is 56.9 Å². The summed E-state index contributed by atoms with van der Waals surface area (Å²) in [6.45, 7) is 8.77. The van der Waals surface area contributed by atoms with Crippen LogP contribution in [0, 0.1) is 6.92 Å². The Kier molecular flexibility index (Phi) is 4.42. The molecule has 0 atom stereocenters. The normalized spacial score (nSPS) is 11.7. The Morgan fingerprint density at radius 3 is 2.56 bits per heavy atom. The number of rotatable bonds is 3. The first kappa shape index (κ1) is 17.3. The van der Waals surface area contributed by atoms with E-state index in [9.17, 15) is 4.79 Å². The summed E-state index contributed by atoms with van der Waals surface area (Å²) >= 11 is 0. The minimum absolute atomic E-state index is 0.0161. The van der Waals surface area contributed by atoms with Crippen molar-refractivity contribution in [3.05, 3.63) is 70.4 Å². The first-order valence-electron chi connectivity index (χ1n) is 8.58. The van der Waals surface area contributed by atoms with Crippen LogP contribution in [-0.4, -0.2) is 18.1 Å². The second-order valence-corrected chi connectivity index (χ2v) is 7.65. The molecule has 0 unspecified atom stereocenters. The van der Waals surface area contributed by atoms with Crippen LogP contribution < -0.4 is 0 Å². The average Bonchev–Trinajstić information content (AvgIpc) is 2.92. The molecule has 3 rings (SSSR count).